The first-order valence-corrected chi connectivity index (χ1v) is 8.80. The first-order chi connectivity index (χ1) is 12.4. The minimum atomic E-state index is -0.474. The Balaban J connectivity index is 1.42. The summed E-state index contributed by atoms with van der Waals surface area (Å²) < 4.78 is 17.0. The second kappa shape index (κ2) is 7.68. The van der Waals surface area contributed by atoms with Crippen LogP contribution in [0.3, 0.4) is 0 Å². The van der Waals surface area contributed by atoms with Crippen LogP contribution in [0.15, 0.2) is 54.6 Å². The lowest BCUT2D eigenvalue weighted by molar-refractivity contribution is -0.0221. The lowest BCUT2D eigenvalue weighted by atomic mass is 10.1. The van der Waals surface area contributed by atoms with Crippen molar-refractivity contribution in [2.45, 2.75) is 39.1 Å². The molecule has 1 amide bonds. The lowest BCUT2D eigenvalue weighted by Crippen LogP contribution is -2.57. The van der Waals surface area contributed by atoms with Gasteiger partial charge < -0.3 is 19.1 Å². The van der Waals surface area contributed by atoms with Crippen molar-refractivity contribution in [3.8, 4) is 11.5 Å². The van der Waals surface area contributed by atoms with E-state index in [4.69, 9.17) is 14.2 Å². The monoisotopic (exact) mass is 355 g/mol. The fraction of sp³-hybridized carbons (Fsp3) is 0.381. The highest BCUT2D eigenvalue weighted by Crippen LogP contribution is 2.23. The number of likely N-dealkylation sites (tertiary alicyclic amines) is 1. The van der Waals surface area contributed by atoms with Crippen molar-refractivity contribution < 1.29 is 19.0 Å². The predicted molar refractivity (Wildman–Crippen MR) is 99.4 cm³/mol. The Morgan fingerprint density at radius 2 is 1.62 bits per heavy atom. The Morgan fingerprint density at radius 3 is 2.23 bits per heavy atom. The molecule has 0 saturated carbocycles. The van der Waals surface area contributed by atoms with Crippen LogP contribution in [-0.4, -0.2) is 35.8 Å². The standard InChI is InChI=1S/C21H25NO4/c1-21(2,3)26-20(23)22-13-19(14-22)25-18-11-9-17(10-12-18)24-15-16-7-5-4-6-8-16/h4-12,19H,13-15H2,1-3H3. The zero-order valence-corrected chi connectivity index (χ0v) is 15.5. The van der Waals surface area contributed by atoms with E-state index in [0.29, 0.717) is 19.7 Å². The molecule has 3 rings (SSSR count). The van der Waals surface area contributed by atoms with E-state index in [9.17, 15) is 4.79 Å². The molecular weight excluding hydrogens is 330 g/mol. The van der Waals surface area contributed by atoms with Crippen LogP contribution in [-0.2, 0) is 11.3 Å². The summed E-state index contributed by atoms with van der Waals surface area (Å²) in [5.41, 5.74) is 0.656. The first kappa shape index (κ1) is 18.1. The molecule has 0 spiro atoms. The Labute approximate surface area is 154 Å². The van der Waals surface area contributed by atoms with Crippen molar-refractivity contribution >= 4 is 6.09 Å². The average molecular weight is 355 g/mol. The van der Waals surface area contributed by atoms with Crippen molar-refractivity contribution in [1.82, 2.24) is 4.90 Å². The number of hydrogen-bond acceptors (Lipinski definition) is 4. The summed E-state index contributed by atoms with van der Waals surface area (Å²) in [5, 5.41) is 0. The summed E-state index contributed by atoms with van der Waals surface area (Å²) in [4.78, 5) is 13.6. The maximum absolute atomic E-state index is 11.9. The Kier molecular flexibility index (Phi) is 5.35. The third-order valence-corrected chi connectivity index (χ3v) is 3.87. The molecule has 0 N–H and O–H groups in total. The van der Waals surface area contributed by atoms with Crippen molar-refractivity contribution in [1.29, 1.82) is 0 Å². The van der Waals surface area contributed by atoms with Crippen LogP contribution in [0.25, 0.3) is 0 Å². The van der Waals surface area contributed by atoms with Gasteiger partial charge in [-0.25, -0.2) is 4.79 Å². The number of rotatable bonds is 5. The van der Waals surface area contributed by atoms with E-state index in [1.165, 1.54) is 0 Å². The molecule has 1 aliphatic rings. The fourth-order valence-corrected chi connectivity index (χ4v) is 2.54. The highest BCUT2D eigenvalue weighted by Gasteiger charge is 2.35. The molecule has 0 unspecified atom stereocenters. The zero-order chi connectivity index (χ0) is 18.6. The highest BCUT2D eigenvalue weighted by atomic mass is 16.6. The van der Waals surface area contributed by atoms with E-state index < -0.39 is 5.60 Å². The largest absolute Gasteiger partial charge is 0.489 e. The van der Waals surface area contributed by atoms with Crippen molar-refractivity contribution in [3.05, 3.63) is 60.2 Å². The number of ether oxygens (including phenoxy) is 3. The number of carbonyl (C=O) groups is 1. The second-order valence-electron chi connectivity index (χ2n) is 7.37. The number of carbonyl (C=O) groups excluding carboxylic acids is 1. The molecule has 1 fully saturated rings. The summed E-state index contributed by atoms with van der Waals surface area (Å²) in [6.45, 7) is 7.21. The highest BCUT2D eigenvalue weighted by molar-refractivity contribution is 5.69. The fourth-order valence-electron chi connectivity index (χ4n) is 2.54. The molecule has 0 atom stereocenters. The van der Waals surface area contributed by atoms with Crippen LogP contribution in [0.2, 0.25) is 0 Å². The van der Waals surface area contributed by atoms with Gasteiger partial charge in [0, 0.05) is 0 Å². The second-order valence-corrected chi connectivity index (χ2v) is 7.37. The average Bonchev–Trinajstić information content (AvgIpc) is 2.56. The molecule has 5 nitrogen and oxygen atoms in total. The van der Waals surface area contributed by atoms with Gasteiger partial charge in [-0.15, -0.1) is 0 Å². The van der Waals surface area contributed by atoms with Crippen molar-refractivity contribution in [2.75, 3.05) is 13.1 Å². The lowest BCUT2D eigenvalue weighted by Gasteiger charge is -2.39. The SMILES string of the molecule is CC(C)(C)OC(=O)N1CC(Oc2ccc(OCc3ccccc3)cc2)C1. The third-order valence-electron chi connectivity index (χ3n) is 3.87. The summed E-state index contributed by atoms with van der Waals surface area (Å²) in [6, 6.07) is 17.6. The van der Waals surface area contributed by atoms with Crippen LogP contribution in [0.5, 0.6) is 11.5 Å². The van der Waals surface area contributed by atoms with Gasteiger partial charge in [-0.05, 0) is 50.6 Å². The van der Waals surface area contributed by atoms with E-state index in [-0.39, 0.29) is 12.2 Å². The van der Waals surface area contributed by atoms with Gasteiger partial charge in [0.05, 0.1) is 13.1 Å². The Bertz CT molecular complexity index is 716. The van der Waals surface area contributed by atoms with E-state index in [2.05, 4.69) is 0 Å². The number of nitrogens with zero attached hydrogens (tertiary/aromatic N) is 1. The zero-order valence-electron chi connectivity index (χ0n) is 15.5. The molecule has 2 aromatic rings. The van der Waals surface area contributed by atoms with Gasteiger partial charge in [0.1, 0.15) is 29.8 Å². The quantitative estimate of drug-likeness (QED) is 0.804. The molecule has 0 aliphatic carbocycles. The molecule has 2 aromatic carbocycles. The Hall–Kier alpha value is -2.69. The molecule has 1 heterocycles. The molecule has 138 valence electrons. The Morgan fingerprint density at radius 1 is 1.00 bits per heavy atom. The minimum Gasteiger partial charge on any atom is -0.489 e. The predicted octanol–water partition coefficient (Wildman–Crippen LogP) is 4.26. The maximum Gasteiger partial charge on any atom is 0.410 e. The number of benzene rings is 2. The van der Waals surface area contributed by atoms with Crippen molar-refractivity contribution in [2.24, 2.45) is 0 Å². The third kappa shape index (κ3) is 5.15. The number of hydrogen-bond donors (Lipinski definition) is 0. The van der Waals surface area contributed by atoms with Gasteiger partial charge in [-0.2, -0.15) is 0 Å². The van der Waals surface area contributed by atoms with Gasteiger partial charge in [0.2, 0.25) is 0 Å². The van der Waals surface area contributed by atoms with E-state index >= 15 is 0 Å². The normalized spacial score (nSPS) is 14.5. The van der Waals surface area contributed by atoms with Crippen LogP contribution in [0.1, 0.15) is 26.3 Å². The van der Waals surface area contributed by atoms with Gasteiger partial charge in [0.25, 0.3) is 0 Å². The van der Waals surface area contributed by atoms with Gasteiger partial charge >= 0.3 is 6.09 Å². The topological polar surface area (TPSA) is 48.0 Å². The van der Waals surface area contributed by atoms with Crippen LogP contribution in [0.4, 0.5) is 4.79 Å². The first-order valence-electron chi connectivity index (χ1n) is 8.80. The van der Waals surface area contributed by atoms with E-state index in [0.717, 1.165) is 17.1 Å². The molecule has 0 aromatic heterocycles. The molecule has 5 heteroatoms. The van der Waals surface area contributed by atoms with Crippen molar-refractivity contribution in [3.63, 3.8) is 0 Å². The molecular formula is C21H25NO4. The molecule has 1 aliphatic heterocycles. The van der Waals surface area contributed by atoms with Crippen LogP contribution >= 0.6 is 0 Å². The van der Waals surface area contributed by atoms with Gasteiger partial charge in [-0.1, -0.05) is 30.3 Å². The molecule has 0 bridgehead atoms. The van der Waals surface area contributed by atoms with Crippen LogP contribution in [0, 0.1) is 0 Å². The summed E-state index contributed by atoms with van der Waals surface area (Å²) in [6.07, 6.45) is -0.291. The maximum atomic E-state index is 11.9. The number of amides is 1. The minimum absolute atomic E-state index is 0.00129. The smallest absolute Gasteiger partial charge is 0.410 e. The summed E-state index contributed by atoms with van der Waals surface area (Å²) in [7, 11) is 0. The van der Waals surface area contributed by atoms with Crippen LogP contribution < -0.4 is 9.47 Å². The van der Waals surface area contributed by atoms with Gasteiger partial charge in [-0.3, -0.25) is 0 Å². The summed E-state index contributed by atoms with van der Waals surface area (Å²) in [5.74, 6) is 1.57. The van der Waals surface area contributed by atoms with E-state index in [1.807, 2.05) is 75.4 Å². The van der Waals surface area contributed by atoms with Gasteiger partial charge in [0.15, 0.2) is 0 Å². The molecule has 26 heavy (non-hydrogen) atoms. The molecule has 1 saturated heterocycles. The summed E-state index contributed by atoms with van der Waals surface area (Å²) >= 11 is 0. The molecule has 0 radical (unpaired) electrons. The van der Waals surface area contributed by atoms with E-state index in [1.54, 1.807) is 4.90 Å².